The summed E-state index contributed by atoms with van der Waals surface area (Å²) in [6.45, 7) is 2.27. The summed E-state index contributed by atoms with van der Waals surface area (Å²) in [6.07, 6.45) is 4.00. The van der Waals surface area contributed by atoms with Crippen molar-refractivity contribution in [2.75, 3.05) is 20.1 Å². The molecule has 0 radical (unpaired) electrons. The van der Waals surface area contributed by atoms with E-state index >= 15 is 0 Å². The summed E-state index contributed by atoms with van der Waals surface area (Å²) in [6, 6.07) is 16.1. The van der Waals surface area contributed by atoms with Crippen molar-refractivity contribution >= 4 is 34.0 Å². The molecule has 0 spiro atoms. The fraction of sp³-hybridized carbons (Fsp3) is 0.231. The van der Waals surface area contributed by atoms with Gasteiger partial charge in [0, 0.05) is 17.0 Å². The predicted octanol–water partition coefficient (Wildman–Crippen LogP) is 5.52. The molecule has 0 amide bonds. The maximum Gasteiger partial charge on any atom is 0.258 e. The molecule has 5 rings (SSSR count). The molecule has 0 unspecified atom stereocenters. The van der Waals surface area contributed by atoms with Gasteiger partial charge in [0.2, 0.25) is 5.88 Å². The number of benzene rings is 2. The molecule has 3 heterocycles. The summed E-state index contributed by atoms with van der Waals surface area (Å²) in [5.74, 6) is 0.434. The number of aliphatic imine (C=N–C) groups is 1. The van der Waals surface area contributed by atoms with Crippen LogP contribution in [-0.2, 0) is 0 Å². The number of pyridine rings is 1. The zero-order chi connectivity index (χ0) is 22.1. The smallest absolute Gasteiger partial charge is 0.258 e. The highest BCUT2D eigenvalue weighted by molar-refractivity contribution is 7.08. The molecule has 6 heteroatoms. The number of hydrogen-bond acceptors (Lipinski definition) is 5. The number of piperidine rings is 1. The number of thiophene rings is 1. The van der Waals surface area contributed by atoms with E-state index in [9.17, 15) is 9.90 Å². The van der Waals surface area contributed by atoms with Crippen LogP contribution >= 0.6 is 11.3 Å². The highest BCUT2D eigenvalue weighted by Crippen LogP contribution is 2.30. The monoisotopic (exact) mass is 443 g/mol. The van der Waals surface area contributed by atoms with Crippen molar-refractivity contribution < 1.29 is 5.11 Å². The number of likely N-dealkylation sites (tertiary alicyclic amines) is 1. The fourth-order valence-electron chi connectivity index (χ4n) is 4.39. The number of nitrogens with one attached hydrogen (secondary N) is 1. The van der Waals surface area contributed by atoms with Crippen molar-refractivity contribution in [2.24, 2.45) is 4.99 Å². The van der Waals surface area contributed by atoms with Crippen LogP contribution in [-0.4, -0.2) is 41.3 Å². The molecule has 162 valence electrons. The maximum absolute atomic E-state index is 12.4. The Bertz CT molecular complexity index is 1320. The second kappa shape index (κ2) is 8.73. The Kier molecular flexibility index (Phi) is 5.64. The van der Waals surface area contributed by atoms with Gasteiger partial charge in [0.25, 0.3) is 5.56 Å². The Balaban J connectivity index is 1.46. The van der Waals surface area contributed by atoms with E-state index in [-0.39, 0.29) is 11.4 Å². The first-order chi connectivity index (χ1) is 15.6. The lowest BCUT2D eigenvalue weighted by Crippen LogP contribution is -2.29. The van der Waals surface area contributed by atoms with Crippen LogP contribution in [0.3, 0.4) is 0 Å². The van der Waals surface area contributed by atoms with E-state index in [0.29, 0.717) is 22.3 Å². The standard InChI is InChI=1S/C26H25N3O2S/c1-29-11-8-18(9-12-29)17-2-5-21(6-3-17)27-15-24-23-14-19(20-10-13-32-16-20)4-7-22(23)25(30)28-26(24)31/h2-7,10,13-16,18H,8-9,11-12H2,1H3,(H2,28,30,31). The molecule has 1 fully saturated rings. The summed E-state index contributed by atoms with van der Waals surface area (Å²) in [5.41, 5.74) is 4.46. The van der Waals surface area contributed by atoms with Gasteiger partial charge < -0.3 is 10.0 Å². The number of aromatic hydroxyl groups is 1. The third-order valence-corrected chi connectivity index (χ3v) is 7.00. The Morgan fingerprint density at radius 1 is 1.06 bits per heavy atom. The number of fused-ring (bicyclic) bond motifs is 1. The number of rotatable bonds is 4. The maximum atomic E-state index is 12.4. The molecule has 2 aromatic heterocycles. The van der Waals surface area contributed by atoms with E-state index in [1.165, 1.54) is 18.4 Å². The molecule has 1 aliphatic rings. The molecule has 0 saturated carbocycles. The third-order valence-electron chi connectivity index (χ3n) is 6.32. The summed E-state index contributed by atoms with van der Waals surface area (Å²) < 4.78 is 0. The SMILES string of the molecule is CN1CCC(c2ccc(N=Cc3c(O)[nH]c(=O)c4ccc(-c5ccsc5)cc34)cc2)CC1. The van der Waals surface area contributed by atoms with Crippen LogP contribution in [0.25, 0.3) is 21.9 Å². The molecule has 2 aromatic carbocycles. The second-order valence-electron chi connectivity index (χ2n) is 8.42. The molecule has 0 aliphatic carbocycles. The van der Waals surface area contributed by atoms with Crippen molar-refractivity contribution in [2.45, 2.75) is 18.8 Å². The van der Waals surface area contributed by atoms with Gasteiger partial charge in [-0.2, -0.15) is 11.3 Å². The van der Waals surface area contributed by atoms with Gasteiger partial charge in [-0.25, -0.2) is 0 Å². The van der Waals surface area contributed by atoms with Gasteiger partial charge in [-0.05, 0) is 96.7 Å². The number of aromatic nitrogens is 1. The van der Waals surface area contributed by atoms with Crippen LogP contribution in [0.2, 0.25) is 0 Å². The topological polar surface area (TPSA) is 68.7 Å². The van der Waals surface area contributed by atoms with Crippen molar-refractivity contribution in [3.63, 3.8) is 0 Å². The Labute approximate surface area is 190 Å². The highest BCUT2D eigenvalue weighted by Gasteiger charge is 2.18. The minimum absolute atomic E-state index is 0.170. The van der Waals surface area contributed by atoms with Crippen molar-refractivity contribution in [3.05, 3.63) is 80.8 Å². The molecule has 4 aromatic rings. The van der Waals surface area contributed by atoms with E-state index in [1.807, 2.05) is 35.7 Å². The van der Waals surface area contributed by atoms with Gasteiger partial charge in [0.1, 0.15) is 0 Å². The van der Waals surface area contributed by atoms with Crippen LogP contribution in [0.1, 0.15) is 29.9 Å². The first-order valence-corrected chi connectivity index (χ1v) is 11.8. The highest BCUT2D eigenvalue weighted by atomic mass is 32.1. The lowest BCUT2D eigenvalue weighted by molar-refractivity contribution is 0.255. The Hall–Kier alpha value is -3.22. The summed E-state index contributed by atoms with van der Waals surface area (Å²) >= 11 is 1.62. The second-order valence-corrected chi connectivity index (χ2v) is 9.20. The van der Waals surface area contributed by atoms with Gasteiger partial charge in [0.05, 0.1) is 11.3 Å². The molecule has 0 bridgehead atoms. The van der Waals surface area contributed by atoms with Crippen LogP contribution in [0.15, 0.2) is 69.1 Å². The molecule has 32 heavy (non-hydrogen) atoms. The summed E-state index contributed by atoms with van der Waals surface area (Å²) in [5, 5.41) is 15.8. The fourth-order valence-corrected chi connectivity index (χ4v) is 5.05. The van der Waals surface area contributed by atoms with Crippen molar-refractivity contribution in [1.29, 1.82) is 0 Å². The van der Waals surface area contributed by atoms with Crippen LogP contribution in [0.4, 0.5) is 5.69 Å². The number of aromatic amines is 1. The van der Waals surface area contributed by atoms with Crippen LogP contribution < -0.4 is 5.56 Å². The summed E-state index contributed by atoms with van der Waals surface area (Å²) in [7, 11) is 2.17. The van der Waals surface area contributed by atoms with Gasteiger partial charge in [0.15, 0.2) is 0 Å². The number of H-pyrrole nitrogens is 1. The Morgan fingerprint density at radius 3 is 2.56 bits per heavy atom. The molecule has 0 atom stereocenters. The largest absolute Gasteiger partial charge is 0.494 e. The lowest BCUT2D eigenvalue weighted by atomic mass is 9.89. The zero-order valence-corrected chi connectivity index (χ0v) is 18.7. The van der Waals surface area contributed by atoms with E-state index < -0.39 is 0 Å². The summed E-state index contributed by atoms with van der Waals surface area (Å²) in [4.78, 5) is 21.9. The van der Waals surface area contributed by atoms with E-state index in [2.05, 4.69) is 39.4 Å². The molecule has 1 aliphatic heterocycles. The first-order valence-electron chi connectivity index (χ1n) is 10.8. The van der Waals surface area contributed by atoms with E-state index in [4.69, 9.17) is 0 Å². The lowest BCUT2D eigenvalue weighted by Gasteiger charge is -2.29. The van der Waals surface area contributed by atoms with Gasteiger partial charge in [-0.1, -0.05) is 18.2 Å². The zero-order valence-electron chi connectivity index (χ0n) is 17.9. The van der Waals surface area contributed by atoms with E-state index in [1.54, 1.807) is 23.6 Å². The average Bonchev–Trinajstić information content (AvgIpc) is 3.35. The minimum atomic E-state index is -0.311. The average molecular weight is 444 g/mol. The quantitative estimate of drug-likeness (QED) is 0.408. The molecular formula is C26H25N3O2S. The third kappa shape index (κ3) is 4.11. The van der Waals surface area contributed by atoms with Gasteiger partial charge in [-0.3, -0.25) is 14.8 Å². The van der Waals surface area contributed by atoms with Gasteiger partial charge >= 0.3 is 0 Å². The number of nitrogens with zero attached hydrogens (tertiary/aromatic N) is 2. The molecule has 5 nitrogen and oxygen atoms in total. The Morgan fingerprint density at radius 2 is 1.84 bits per heavy atom. The molecular weight excluding hydrogens is 418 g/mol. The van der Waals surface area contributed by atoms with Crippen LogP contribution in [0.5, 0.6) is 5.88 Å². The minimum Gasteiger partial charge on any atom is -0.494 e. The van der Waals surface area contributed by atoms with E-state index in [0.717, 1.165) is 29.9 Å². The van der Waals surface area contributed by atoms with Crippen molar-refractivity contribution in [3.8, 4) is 17.0 Å². The normalized spacial score (nSPS) is 15.7. The van der Waals surface area contributed by atoms with Gasteiger partial charge in [-0.15, -0.1) is 0 Å². The molecule has 1 saturated heterocycles. The van der Waals surface area contributed by atoms with Crippen molar-refractivity contribution in [1.82, 2.24) is 9.88 Å². The predicted molar refractivity (Wildman–Crippen MR) is 133 cm³/mol. The number of hydrogen-bond donors (Lipinski definition) is 2. The van der Waals surface area contributed by atoms with Crippen LogP contribution in [0, 0.1) is 0 Å². The molecule has 2 N–H and O–H groups in total. The first kappa shape index (κ1) is 20.7.